The summed E-state index contributed by atoms with van der Waals surface area (Å²) in [5.74, 6) is 1.17. The summed E-state index contributed by atoms with van der Waals surface area (Å²) in [7, 11) is 1.67. The second-order valence-electron chi connectivity index (χ2n) is 4.01. The van der Waals surface area contributed by atoms with Crippen LogP contribution in [0.1, 0.15) is 25.8 Å². The molecule has 15 heavy (non-hydrogen) atoms. The lowest BCUT2D eigenvalue weighted by atomic mass is 9.94. The fourth-order valence-corrected chi connectivity index (χ4v) is 1.71. The zero-order valence-corrected chi connectivity index (χ0v) is 9.73. The van der Waals surface area contributed by atoms with E-state index in [1.165, 1.54) is 5.56 Å². The highest BCUT2D eigenvalue weighted by atomic mass is 16.5. The first-order valence-electron chi connectivity index (χ1n) is 5.48. The third kappa shape index (κ3) is 3.56. The van der Waals surface area contributed by atoms with Gasteiger partial charge in [0.2, 0.25) is 0 Å². The number of hydrogen-bond donors (Lipinski definition) is 1. The maximum Gasteiger partial charge on any atom is 0.119 e. The number of aliphatic hydroxyl groups excluding tert-OH is 1. The van der Waals surface area contributed by atoms with Gasteiger partial charge >= 0.3 is 0 Å². The van der Waals surface area contributed by atoms with Crippen LogP contribution in [0.2, 0.25) is 0 Å². The van der Waals surface area contributed by atoms with Crippen LogP contribution in [0.15, 0.2) is 24.3 Å². The lowest BCUT2D eigenvalue weighted by Crippen LogP contribution is -2.18. The van der Waals surface area contributed by atoms with Crippen LogP contribution in [-0.4, -0.2) is 18.3 Å². The minimum atomic E-state index is -0.212. The van der Waals surface area contributed by atoms with Crippen LogP contribution < -0.4 is 4.74 Å². The van der Waals surface area contributed by atoms with E-state index in [0.717, 1.165) is 18.6 Å². The van der Waals surface area contributed by atoms with E-state index < -0.39 is 0 Å². The zero-order chi connectivity index (χ0) is 11.3. The molecule has 1 rings (SSSR count). The molecule has 0 aliphatic carbocycles. The van der Waals surface area contributed by atoms with Crippen molar-refractivity contribution in [2.75, 3.05) is 7.11 Å². The largest absolute Gasteiger partial charge is 0.497 e. The Morgan fingerprint density at radius 3 is 2.73 bits per heavy atom. The third-order valence-corrected chi connectivity index (χ3v) is 2.77. The minimum Gasteiger partial charge on any atom is -0.497 e. The summed E-state index contributed by atoms with van der Waals surface area (Å²) in [6, 6.07) is 8.02. The van der Waals surface area contributed by atoms with Gasteiger partial charge in [0.15, 0.2) is 0 Å². The Balaban J connectivity index is 2.63. The molecule has 0 saturated carbocycles. The van der Waals surface area contributed by atoms with Crippen molar-refractivity contribution < 1.29 is 9.84 Å². The molecule has 0 amide bonds. The van der Waals surface area contributed by atoms with Crippen molar-refractivity contribution >= 4 is 0 Å². The molecule has 0 spiro atoms. The Morgan fingerprint density at radius 1 is 1.40 bits per heavy atom. The number of ether oxygens (including phenoxy) is 1. The maximum absolute atomic E-state index is 9.68. The monoisotopic (exact) mass is 208 g/mol. The molecule has 1 N–H and O–H groups in total. The summed E-state index contributed by atoms with van der Waals surface area (Å²) in [6.45, 7) is 4.08. The molecule has 0 aliphatic heterocycles. The first kappa shape index (κ1) is 12.1. The number of aliphatic hydroxyl groups is 1. The van der Waals surface area contributed by atoms with Gasteiger partial charge < -0.3 is 9.84 Å². The SMILES string of the molecule is CCC(O)C(C)Cc1cccc(OC)c1. The van der Waals surface area contributed by atoms with Crippen LogP contribution in [0.25, 0.3) is 0 Å². The van der Waals surface area contributed by atoms with Gasteiger partial charge in [-0.3, -0.25) is 0 Å². The van der Waals surface area contributed by atoms with Crippen LogP contribution in [0.5, 0.6) is 5.75 Å². The molecule has 0 aromatic heterocycles. The van der Waals surface area contributed by atoms with Gasteiger partial charge in [-0.25, -0.2) is 0 Å². The molecular weight excluding hydrogens is 188 g/mol. The number of benzene rings is 1. The normalized spacial score (nSPS) is 14.7. The van der Waals surface area contributed by atoms with E-state index in [0.29, 0.717) is 5.92 Å². The molecule has 2 unspecified atom stereocenters. The molecule has 2 atom stereocenters. The van der Waals surface area contributed by atoms with Gasteiger partial charge in [0.1, 0.15) is 5.75 Å². The van der Waals surface area contributed by atoms with Crippen molar-refractivity contribution in [3.63, 3.8) is 0 Å². The summed E-state index contributed by atoms with van der Waals surface area (Å²) in [4.78, 5) is 0. The van der Waals surface area contributed by atoms with Crippen molar-refractivity contribution in [3.8, 4) is 5.75 Å². The van der Waals surface area contributed by atoms with Gasteiger partial charge in [-0.15, -0.1) is 0 Å². The summed E-state index contributed by atoms with van der Waals surface area (Å²) in [5.41, 5.74) is 1.22. The van der Waals surface area contributed by atoms with Crippen LogP contribution in [0, 0.1) is 5.92 Å². The topological polar surface area (TPSA) is 29.5 Å². The molecule has 0 radical (unpaired) electrons. The Morgan fingerprint density at radius 2 is 2.13 bits per heavy atom. The van der Waals surface area contributed by atoms with Gasteiger partial charge in [-0.2, -0.15) is 0 Å². The second-order valence-corrected chi connectivity index (χ2v) is 4.01. The standard InChI is InChI=1S/C13H20O2/c1-4-13(14)10(2)8-11-6-5-7-12(9-11)15-3/h5-7,9-10,13-14H,4,8H2,1-3H3. The summed E-state index contributed by atoms with van der Waals surface area (Å²) < 4.78 is 5.16. The number of methoxy groups -OCH3 is 1. The molecule has 0 heterocycles. The Bertz CT molecular complexity index is 296. The zero-order valence-electron chi connectivity index (χ0n) is 9.73. The molecule has 0 fully saturated rings. The van der Waals surface area contributed by atoms with Gasteiger partial charge in [0.25, 0.3) is 0 Å². The molecule has 0 saturated heterocycles. The Hall–Kier alpha value is -1.02. The third-order valence-electron chi connectivity index (χ3n) is 2.77. The molecule has 0 aliphatic rings. The maximum atomic E-state index is 9.68. The predicted molar refractivity (Wildman–Crippen MR) is 62.2 cm³/mol. The van der Waals surface area contributed by atoms with Crippen LogP contribution in [-0.2, 0) is 6.42 Å². The van der Waals surface area contributed by atoms with Crippen molar-refractivity contribution in [3.05, 3.63) is 29.8 Å². The van der Waals surface area contributed by atoms with E-state index in [4.69, 9.17) is 4.74 Å². The van der Waals surface area contributed by atoms with E-state index in [-0.39, 0.29) is 6.10 Å². The van der Waals surface area contributed by atoms with E-state index in [1.54, 1.807) is 7.11 Å². The van der Waals surface area contributed by atoms with E-state index in [1.807, 2.05) is 25.1 Å². The molecular formula is C13H20O2. The van der Waals surface area contributed by atoms with Crippen molar-refractivity contribution in [1.29, 1.82) is 0 Å². The smallest absolute Gasteiger partial charge is 0.119 e. The summed E-state index contributed by atoms with van der Waals surface area (Å²) in [6.07, 6.45) is 1.49. The fraction of sp³-hybridized carbons (Fsp3) is 0.538. The van der Waals surface area contributed by atoms with Crippen LogP contribution in [0.4, 0.5) is 0 Å². The first-order chi connectivity index (χ1) is 7.17. The van der Waals surface area contributed by atoms with Gasteiger partial charge in [-0.05, 0) is 36.5 Å². The van der Waals surface area contributed by atoms with Crippen LogP contribution >= 0.6 is 0 Å². The lowest BCUT2D eigenvalue weighted by molar-refractivity contribution is 0.112. The highest BCUT2D eigenvalue weighted by Gasteiger charge is 2.12. The van der Waals surface area contributed by atoms with E-state index in [9.17, 15) is 5.11 Å². The Labute approximate surface area is 91.9 Å². The van der Waals surface area contributed by atoms with Gasteiger partial charge in [-0.1, -0.05) is 26.0 Å². The van der Waals surface area contributed by atoms with E-state index in [2.05, 4.69) is 13.0 Å². The highest BCUT2D eigenvalue weighted by Crippen LogP contribution is 2.18. The molecule has 0 bridgehead atoms. The van der Waals surface area contributed by atoms with Gasteiger partial charge in [0.05, 0.1) is 13.2 Å². The van der Waals surface area contributed by atoms with E-state index >= 15 is 0 Å². The quantitative estimate of drug-likeness (QED) is 0.806. The van der Waals surface area contributed by atoms with Crippen LogP contribution in [0.3, 0.4) is 0 Å². The fourth-order valence-electron chi connectivity index (χ4n) is 1.71. The second kappa shape index (κ2) is 5.76. The average Bonchev–Trinajstić information content (AvgIpc) is 2.28. The molecule has 84 valence electrons. The minimum absolute atomic E-state index is 0.212. The van der Waals surface area contributed by atoms with Gasteiger partial charge in [0, 0.05) is 0 Å². The number of rotatable bonds is 5. The first-order valence-corrected chi connectivity index (χ1v) is 5.48. The lowest BCUT2D eigenvalue weighted by Gasteiger charge is -2.17. The van der Waals surface area contributed by atoms with Crippen molar-refractivity contribution in [2.45, 2.75) is 32.8 Å². The van der Waals surface area contributed by atoms with Crippen molar-refractivity contribution in [1.82, 2.24) is 0 Å². The highest BCUT2D eigenvalue weighted by molar-refractivity contribution is 5.28. The number of hydrogen-bond acceptors (Lipinski definition) is 2. The molecule has 1 aromatic rings. The average molecular weight is 208 g/mol. The molecule has 2 nitrogen and oxygen atoms in total. The summed E-state index contributed by atoms with van der Waals surface area (Å²) >= 11 is 0. The Kier molecular flexibility index (Phi) is 4.63. The predicted octanol–water partition coefficient (Wildman–Crippen LogP) is 2.64. The van der Waals surface area contributed by atoms with Crippen molar-refractivity contribution in [2.24, 2.45) is 5.92 Å². The molecule has 1 aromatic carbocycles. The summed E-state index contributed by atoms with van der Waals surface area (Å²) in [5, 5.41) is 9.68. The molecule has 2 heteroatoms.